The summed E-state index contributed by atoms with van der Waals surface area (Å²) in [5.74, 6) is -0.0418. The van der Waals surface area contributed by atoms with Crippen molar-refractivity contribution in [1.82, 2.24) is 0 Å². The summed E-state index contributed by atoms with van der Waals surface area (Å²) in [5.41, 5.74) is 1.34. The van der Waals surface area contributed by atoms with E-state index in [1.165, 1.54) is 21.1 Å². The largest absolute Gasteiger partial charge is 0.495 e. The summed E-state index contributed by atoms with van der Waals surface area (Å²) in [7, 11) is 2.92. The smallest absolute Gasteiger partial charge is 0.343 e. The third kappa shape index (κ3) is 1.97. The van der Waals surface area contributed by atoms with Crippen molar-refractivity contribution in [3.63, 3.8) is 0 Å². The van der Waals surface area contributed by atoms with Crippen LogP contribution in [0.3, 0.4) is 0 Å². The summed E-state index contributed by atoms with van der Waals surface area (Å²) in [5, 5.41) is 0. The fraction of sp³-hybridized carbons (Fsp3) is 0.429. The monoisotopic (exact) mass is 280 g/mol. The molecule has 2 rings (SSSR count). The second-order valence-corrected chi connectivity index (χ2v) is 4.45. The minimum Gasteiger partial charge on any atom is -0.495 e. The van der Waals surface area contributed by atoms with E-state index in [0.717, 1.165) is 0 Å². The van der Waals surface area contributed by atoms with Gasteiger partial charge >= 0.3 is 11.9 Å². The minimum absolute atomic E-state index is 0.214. The normalized spacial score (nSPS) is 16.4. The molecule has 0 fully saturated rings. The van der Waals surface area contributed by atoms with Crippen LogP contribution in [0.5, 0.6) is 17.2 Å². The average molecular weight is 280 g/mol. The molecular formula is C14H16O6. The summed E-state index contributed by atoms with van der Waals surface area (Å²) < 4.78 is 21.0. The fourth-order valence-corrected chi connectivity index (χ4v) is 2.43. The molecule has 1 atom stereocenters. The molecule has 0 aliphatic carbocycles. The number of hydrogen-bond acceptors (Lipinski definition) is 6. The van der Waals surface area contributed by atoms with Crippen molar-refractivity contribution in [1.29, 1.82) is 0 Å². The molecule has 1 heterocycles. The van der Waals surface area contributed by atoms with Crippen LogP contribution in [-0.2, 0) is 9.53 Å². The molecule has 0 radical (unpaired) electrons. The van der Waals surface area contributed by atoms with Gasteiger partial charge in [0.2, 0.25) is 0 Å². The summed E-state index contributed by atoms with van der Waals surface area (Å²) in [6.45, 7) is 4.71. The van der Waals surface area contributed by atoms with Gasteiger partial charge in [0.1, 0.15) is 17.4 Å². The highest BCUT2D eigenvalue weighted by Crippen LogP contribution is 2.50. The van der Waals surface area contributed by atoms with Crippen molar-refractivity contribution in [3.8, 4) is 17.2 Å². The van der Waals surface area contributed by atoms with Gasteiger partial charge < -0.3 is 18.9 Å². The van der Waals surface area contributed by atoms with Crippen LogP contribution >= 0.6 is 0 Å². The van der Waals surface area contributed by atoms with Gasteiger partial charge in [0, 0.05) is 12.5 Å². The van der Waals surface area contributed by atoms with Gasteiger partial charge in [-0.1, -0.05) is 0 Å². The van der Waals surface area contributed by atoms with Gasteiger partial charge in [-0.15, -0.1) is 0 Å². The maximum Gasteiger partial charge on any atom is 0.343 e. The Morgan fingerprint density at radius 1 is 1.15 bits per heavy atom. The zero-order chi connectivity index (χ0) is 15.0. The molecule has 1 aliphatic rings. The lowest BCUT2D eigenvalue weighted by atomic mass is 9.99. The zero-order valence-electron chi connectivity index (χ0n) is 12.0. The van der Waals surface area contributed by atoms with Crippen LogP contribution < -0.4 is 14.2 Å². The number of methoxy groups -OCH3 is 2. The average Bonchev–Trinajstić information content (AvgIpc) is 2.65. The number of rotatable bonds is 3. The van der Waals surface area contributed by atoms with Gasteiger partial charge in [-0.25, -0.2) is 4.79 Å². The predicted octanol–water partition coefficient (Wildman–Crippen LogP) is 2.17. The topological polar surface area (TPSA) is 71.1 Å². The first-order valence-corrected chi connectivity index (χ1v) is 6.10. The second-order valence-electron chi connectivity index (χ2n) is 4.45. The highest BCUT2D eigenvalue weighted by molar-refractivity contribution is 5.99. The van der Waals surface area contributed by atoms with Gasteiger partial charge in [-0.2, -0.15) is 0 Å². The van der Waals surface area contributed by atoms with Crippen molar-refractivity contribution in [2.75, 3.05) is 14.2 Å². The van der Waals surface area contributed by atoms with E-state index < -0.39 is 18.0 Å². The van der Waals surface area contributed by atoms with E-state index in [2.05, 4.69) is 0 Å². The number of carbonyl (C=O) groups is 2. The second kappa shape index (κ2) is 5.03. The lowest BCUT2D eigenvalue weighted by Gasteiger charge is -2.18. The molecule has 6 nitrogen and oxygen atoms in total. The van der Waals surface area contributed by atoms with Crippen LogP contribution in [0.25, 0.3) is 0 Å². The van der Waals surface area contributed by atoms with Crippen LogP contribution in [0.4, 0.5) is 0 Å². The lowest BCUT2D eigenvalue weighted by molar-refractivity contribution is -0.132. The third-order valence-corrected chi connectivity index (χ3v) is 3.18. The van der Waals surface area contributed by atoms with E-state index in [4.69, 9.17) is 18.9 Å². The van der Waals surface area contributed by atoms with Gasteiger partial charge in [0.25, 0.3) is 0 Å². The number of hydrogen-bond donors (Lipinski definition) is 0. The Labute approximate surface area is 116 Å². The zero-order valence-corrected chi connectivity index (χ0v) is 12.0. The predicted molar refractivity (Wildman–Crippen MR) is 69.4 cm³/mol. The van der Waals surface area contributed by atoms with E-state index in [0.29, 0.717) is 22.6 Å². The van der Waals surface area contributed by atoms with Crippen LogP contribution in [0.1, 0.15) is 41.4 Å². The highest BCUT2D eigenvalue weighted by atomic mass is 16.6. The Kier molecular flexibility index (Phi) is 3.57. The summed E-state index contributed by atoms with van der Waals surface area (Å²) in [6, 6.07) is 0. The van der Waals surface area contributed by atoms with E-state index in [1.54, 1.807) is 13.8 Å². The van der Waals surface area contributed by atoms with E-state index >= 15 is 0 Å². The van der Waals surface area contributed by atoms with E-state index in [-0.39, 0.29) is 11.3 Å². The number of benzene rings is 1. The molecule has 0 spiro atoms. The standard InChI is InChI=1S/C14H16O6/c1-6-11(17-4)10-9(7(2)19-14(10)16)13(12(6)18-5)20-8(3)15/h7H,1-5H3. The third-order valence-electron chi connectivity index (χ3n) is 3.18. The summed E-state index contributed by atoms with van der Waals surface area (Å²) in [6.07, 6.45) is -0.532. The van der Waals surface area contributed by atoms with Crippen LogP contribution in [-0.4, -0.2) is 26.2 Å². The van der Waals surface area contributed by atoms with Crippen molar-refractivity contribution in [2.45, 2.75) is 26.9 Å². The lowest BCUT2D eigenvalue weighted by Crippen LogP contribution is -2.09. The number of ether oxygens (including phenoxy) is 4. The first-order valence-electron chi connectivity index (χ1n) is 6.10. The minimum atomic E-state index is -0.532. The molecule has 0 amide bonds. The molecule has 1 aromatic rings. The maximum absolute atomic E-state index is 12.0. The fourth-order valence-electron chi connectivity index (χ4n) is 2.43. The molecule has 1 unspecified atom stereocenters. The Balaban J connectivity index is 2.83. The Morgan fingerprint density at radius 2 is 1.75 bits per heavy atom. The quantitative estimate of drug-likeness (QED) is 0.624. The molecule has 0 bridgehead atoms. The Bertz CT molecular complexity index is 590. The van der Waals surface area contributed by atoms with E-state index in [1.807, 2.05) is 0 Å². The van der Waals surface area contributed by atoms with Gasteiger partial charge in [-0.05, 0) is 13.8 Å². The van der Waals surface area contributed by atoms with Crippen molar-refractivity contribution in [2.24, 2.45) is 0 Å². The van der Waals surface area contributed by atoms with Gasteiger partial charge in [0.15, 0.2) is 11.5 Å². The first kappa shape index (κ1) is 14.2. The summed E-state index contributed by atoms with van der Waals surface area (Å²) in [4.78, 5) is 23.3. The molecule has 20 heavy (non-hydrogen) atoms. The molecule has 0 saturated carbocycles. The number of fused-ring (bicyclic) bond motifs is 1. The first-order chi connectivity index (χ1) is 9.42. The number of cyclic esters (lactones) is 1. The van der Waals surface area contributed by atoms with Crippen LogP contribution in [0.15, 0.2) is 0 Å². The molecule has 108 valence electrons. The van der Waals surface area contributed by atoms with Crippen molar-refractivity contribution in [3.05, 3.63) is 16.7 Å². The molecule has 0 aromatic heterocycles. The molecular weight excluding hydrogens is 264 g/mol. The van der Waals surface area contributed by atoms with Crippen LogP contribution in [0, 0.1) is 6.92 Å². The Hall–Kier alpha value is -2.24. The van der Waals surface area contributed by atoms with Gasteiger partial charge in [-0.3, -0.25) is 4.79 Å². The SMILES string of the molecule is COc1c(C)c(OC)c2c(c1OC(C)=O)C(C)OC2=O. The van der Waals surface area contributed by atoms with Gasteiger partial charge in [0.05, 0.1) is 19.8 Å². The molecule has 0 N–H and O–H groups in total. The Morgan fingerprint density at radius 3 is 2.25 bits per heavy atom. The van der Waals surface area contributed by atoms with E-state index in [9.17, 15) is 9.59 Å². The van der Waals surface area contributed by atoms with Crippen LogP contribution in [0.2, 0.25) is 0 Å². The van der Waals surface area contributed by atoms with Crippen molar-refractivity contribution < 1.29 is 28.5 Å². The summed E-state index contributed by atoms with van der Waals surface area (Å²) >= 11 is 0. The molecule has 1 aliphatic heterocycles. The molecule has 6 heteroatoms. The molecule has 0 saturated heterocycles. The number of carbonyl (C=O) groups excluding carboxylic acids is 2. The molecule has 1 aromatic carbocycles. The highest BCUT2D eigenvalue weighted by Gasteiger charge is 2.39. The maximum atomic E-state index is 12.0. The van der Waals surface area contributed by atoms with Crippen molar-refractivity contribution >= 4 is 11.9 Å². The number of esters is 2.